The maximum absolute atomic E-state index is 13.0. The molecule has 4 rings (SSSR count). The molecule has 1 aromatic heterocycles. The van der Waals surface area contributed by atoms with Gasteiger partial charge in [0.1, 0.15) is 5.01 Å². The molecule has 7 heteroatoms. The summed E-state index contributed by atoms with van der Waals surface area (Å²) in [4.78, 5) is 33.9. The van der Waals surface area contributed by atoms with Crippen LogP contribution in [-0.2, 0) is 9.53 Å². The molecule has 0 spiro atoms. The Hall–Kier alpha value is -2.25. The van der Waals surface area contributed by atoms with Gasteiger partial charge < -0.3 is 14.5 Å². The molecule has 2 aromatic rings. The van der Waals surface area contributed by atoms with E-state index in [9.17, 15) is 9.59 Å². The molecule has 0 saturated carbocycles. The van der Waals surface area contributed by atoms with Crippen molar-refractivity contribution in [2.75, 3.05) is 39.4 Å². The molecule has 0 N–H and O–H groups in total. The summed E-state index contributed by atoms with van der Waals surface area (Å²) in [5, 5.41) is 2.95. The van der Waals surface area contributed by atoms with Crippen molar-refractivity contribution in [3.8, 4) is 10.6 Å². The number of carbonyl (C=O) groups excluding carboxylic acids is 2. The number of carbonyl (C=O) groups is 2. The van der Waals surface area contributed by atoms with Crippen LogP contribution in [0, 0.1) is 12.8 Å². The van der Waals surface area contributed by atoms with Crippen LogP contribution < -0.4 is 0 Å². The molecule has 148 valence electrons. The van der Waals surface area contributed by atoms with E-state index in [0.29, 0.717) is 45.0 Å². The van der Waals surface area contributed by atoms with Crippen LogP contribution in [0.25, 0.3) is 10.6 Å². The van der Waals surface area contributed by atoms with Crippen LogP contribution in [0.5, 0.6) is 0 Å². The molecule has 28 heavy (non-hydrogen) atoms. The number of morpholine rings is 1. The molecule has 0 unspecified atom stereocenters. The van der Waals surface area contributed by atoms with Gasteiger partial charge in [-0.25, -0.2) is 4.98 Å². The molecule has 2 aliphatic heterocycles. The second-order valence-electron chi connectivity index (χ2n) is 7.38. The maximum atomic E-state index is 13.0. The third-order valence-corrected chi connectivity index (χ3v) is 6.44. The van der Waals surface area contributed by atoms with E-state index in [1.807, 2.05) is 46.4 Å². The molecule has 2 amide bonds. The van der Waals surface area contributed by atoms with Gasteiger partial charge in [-0.15, -0.1) is 11.3 Å². The van der Waals surface area contributed by atoms with Crippen molar-refractivity contribution in [3.05, 3.63) is 40.9 Å². The molecule has 0 bridgehead atoms. The lowest BCUT2D eigenvalue weighted by Gasteiger charge is -2.35. The largest absolute Gasteiger partial charge is 0.378 e. The summed E-state index contributed by atoms with van der Waals surface area (Å²) < 4.78 is 5.33. The van der Waals surface area contributed by atoms with E-state index < -0.39 is 0 Å². The Balaban J connectivity index is 1.38. The minimum Gasteiger partial charge on any atom is -0.378 e. The quantitative estimate of drug-likeness (QED) is 0.796. The number of likely N-dealkylation sites (tertiary alicyclic amines) is 1. The second kappa shape index (κ2) is 8.41. The van der Waals surface area contributed by atoms with Crippen molar-refractivity contribution in [1.82, 2.24) is 14.8 Å². The summed E-state index contributed by atoms with van der Waals surface area (Å²) in [5.41, 5.74) is 2.65. The van der Waals surface area contributed by atoms with Crippen molar-refractivity contribution in [2.45, 2.75) is 19.8 Å². The highest BCUT2D eigenvalue weighted by molar-refractivity contribution is 7.13. The standard InChI is InChI=1S/C21H25N3O3S/c1-15-14-28-19(22-15)17-3-2-4-18(13-17)21(26)23-7-5-16(6-8-23)20(25)24-9-11-27-12-10-24/h2-4,13-14,16H,5-12H2,1H3. The van der Waals surface area contributed by atoms with Gasteiger partial charge in [0.05, 0.1) is 13.2 Å². The molecule has 2 fully saturated rings. The molecule has 0 aliphatic carbocycles. The lowest BCUT2D eigenvalue weighted by atomic mass is 9.94. The van der Waals surface area contributed by atoms with E-state index in [2.05, 4.69) is 4.98 Å². The summed E-state index contributed by atoms with van der Waals surface area (Å²) in [6, 6.07) is 7.68. The first kappa shape index (κ1) is 19.1. The van der Waals surface area contributed by atoms with Crippen LogP contribution in [0.1, 0.15) is 28.9 Å². The number of hydrogen-bond acceptors (Lipinski definition) is 5. The number of hydrogen-bond donors (Lipinski definition) is 0. The third-order valence-electron chi connectivity index (χ3n) is 5.43. The van der Waals surface area contributed by atoms with Crippen molar-refractivity contribution in [3.63, 3.8) is 0 Å². The van der Waals surface area contributed by atoms with Crippen molar-refractivity contribution in [1.29, 1.82) is 0 Å². The highest BCUT2D eigenvalue weighted by Gasteiger charge is 2.31. The van der Waals surface area contributed by atoms with E-state index in [4.69, 9.17) is 4.74 Å². The van der Waals surface area contributed by atoms with Gasteiger partial charge in [0.25, 0.3) is 5.91 Å². The molecule has 1 aromatic carbocycles. The van der Waals surface area contributed by atoms with Gasteiger partial charge in [0, 0.05) is 54.3 Å². The summed E-state index contributed by atoms with van der Waals surface area (Å²) in [6.45, 7) is 5.83. The molecule has 0 atom stereocenters. The van der Waals surface area contributed by atoms with Crippen molar-refractivity contribution >= 4 is 23.2 Å². The van der Waals surface area contributed by atoms with E-state index in [1.165, 1.54) is 0 Å². The topological polar surface area (TPSA) is 62.7 Å². The maximum Gasteiger partial charge on any atom is 0.253 e. The van der Waals surface area contributed by atoms with E-state index in [1.54, 1.807) is 11.3 Å². The molecular weight excluding hydrogens is 374 g/mol. The molecular formula is C21H25N3O3S. The first-order valence-corrected chi connectivity index (χ1v) is 10.7. The average molecular weight is 400 g/mol. The highest BCUT2D eigenvalue weighted by Crippen LogP contribution is 2.26. The Morgan fingerprint density at radius 1 is 1.11 bits per heavy atom. The second-order valence-corrected chi connectivity index (χ2v) is 8.24. The molecule has 0 radical (unpaired) electrons. The minimum atomic E-state index is 0.0202. The zero-order valence-electron chi connectivity index (χ0n) is 16.1. The zero-order chi connectivity index (χ0) is 19.5. The number of aryl methyl sites for hydroxylation is 1. The fourth-order valence-electron chi connectivity index (χ4n) is 3.83. The van der Waals surface area contributed by atoms with Gasteiger partial charge in [0.15, 0.2) is 0 Å². The van der Waals surface area contributed by atoms with Crippen LogP contribution in [-0.4, -0.2) is 66.0 Å². The Bertz CT molecular complexity index is 852. The van der Waals surface area contributed by atoms with Crippen LogP contribution >= 0.6 is 11.3 Å². The van der Waals surface area contributed by atoms with Crippen LogP contribution in [0.2, 0.25) is 0 Å². The van der Waals surface area contributed by atoms with E-state index >= 15 is 0 Å². The number of aromatic nitrogens is 1. The van der Waals surface area contributed by atoms with Gasteiger partial charge in [0.2, 0.25) is 5.91 Å². The van der Waals surface area contributed by atoms with Crippen molar-refractivity contribution < 1.29 is 14.3 Å². The Morgan fingerprint density at radius 3 is 2.54 bits per heavy atom. The molecule has 2 saturated heterocycles. The summed E-state index contributed by atoms with van der Waals surface area (Å²) >= 11 is 1.59. The summed E-state index contributed by atoms with van der Waals surface area (Å²) in [7, 11) is 0. The lowest BCUT2D eigenvalue weighted by Crippen LogP contribution is -2.47. The number of rotatable bonds is 3. The minimum absolute atomic E-state index is 0.0202. The number of ether oxygens (including phenoxy) is 1. The predicted molar refractivity (Wildman–Crippen MR) is 108 cm³/mol. The molecule has 3 heterocycles. The number of piperidine rings is 1. The zero-order valence-corrected chi connectivity index (χ0v) is 16.9. The Morgan fingerprint density at radius 2 is 1.86 bits per heavy atom. The number of thiazole rings is 1. The highest BCUT2D eigenvalue weighted by atomic mass is 32.1. The Kier molecular flexibility index (Phi) is 5.73. The first-order chi connectivity index (χ1) is 13.6. The van der Waals surface area contributed by atoms with Crippen molar-refractivity contribution in [2.24, 2.45) is 5.92 Å². The number of benzene rings is 1. The van der Waals surface area contributed by atoms with Gasteiger partial charge in [-0.1, -0.05) is 12.1 Å². The first-order valence-electron chi connectivity index (χ1n) is 9.80. The van der Waals surface area contributed by atoms with E-state index in [-0.39, 0.29) is 17.7 Å². The fourth-order valence-corrected chi connectivity index (χ4v) is 4.62. The number of nitrogens with zero attached hydrogens (tertiary/aromatic N) is 3. The monoisotopic (exact) mass is 399 g/mol. The normalized spacial score (nSPS) is 18.3. The Labute approximate surface area is 169 Å². The summed E-state index contributed by atoms with van der Waals surface area (Å²) in [5.74, 6) is 0.274. The SMILES string of the molecule is Cc1csc(-c2cccc(C(=O)N3CCC(C(=O)N4CCOCC4)CC3)c2)n1. The van der Waals surface area contributed by atoms with E-state index in [0.717, 1.165) is 29.1 Å². The van der Waals surface area contributed by atoms with Gasteiger partial charge >= 0.3 is 0 Å². The third kappa shape index (κ3) is 4.10. The van der Waals surface area contributed by atoms with Crippen LogP contribution in [0.15, 0.2) is 29.6 Å². The average Bonchev–Trinajstić information content (AvgIpc) is 3.20. The van der Waals surface area contributed by atoms with Crippen LogP contribution in [0.4, 0.5) is 0 Å². The lowest BCUT2D eigenvalue weighted by molar-refractivity contribution is -0.141. The van der Waals surface area contributed by atoms with Gasteiger partial charge in [-0.2, -0.15) is 0 Å². The smallest absolute Gasteiger partial charge is 0.253 e. The number of amides is 2. The predicted octanol–water partition coefficient (Wildman–Crippen LogP) is 2.83. The molecule has 6 nitrogen and oxygen atoms in total. The van der Waals surface area contributed by atoms with Gasteiger partial charge in [-0.3, -0.25) is 9.59 Å². The van der Waals surface area contributed by atoms with Crippen LogP contribution in [0.3, 0.4) is 0 Å². The fraction of sp³-hybridized carbons (Fsp3) is 0.476. The molecule has 2 aliphatic rings. The van der Waals surface area contributed by atoms with Gasteiger partial charge in [-0.05, 0) is 31.9 Å². The summed E-state index contributed by atoms with van der Waals surface area (Å²) in [6.07, 6.45) is 1.46.